The summed E-state index contributed by atoms with van der Waals surface area (Å²) in [5.41, 5.74) is -5.04. The topological polar surface area (TPSA) is 221 Å². The van der Waals surface area contributed by atoms with E-state index in [0.29, 0.717) is 16.4 Å². The SMILES string of the molecule is COCN(c1cc(Cl)c(C)nc1C(=O)c1ccccc1S(C)(=O)=O)S(=O)(=O)c1ccc(Cl)c(C(F)(F)F)c1.Cc1nc(C(=O)c2ccccc2S(C)(=O)=O)c(NS(=O)(=O)c2ccc(Cl)c(C(F)(F)F)c2)cc1Cl.Cl. The number of ketones is 2. The van der Waals surface area contributed by atoms with E-state index < -0.39 is 124 Å². The zero-order chi connectivity index (χ0) is 55.0. The van der Waals surface area contributed by atoms with Crippen LogP contribution in [0.1, 0.15) is 54.6 Å². The number of carbonyl (C=O) groups is 2. The number of pyridine rings is 2. The molecule has 0 saturated heterocycles. The Kier molecular flexibility index (Phi) is 19.1. The van der Waals surface area contributed by atoms with Gasteiger partial charge in [-0.05, 0) is 86.6 Å². The van der Waals surface area contributed by atoms with E-state index in [1.165, 1.54) is 62.4 Å². The molecule has 4 aromatic carbocycles. The maximum Gasteiger partial charge on any atom is 0.417 e. The van der Waals surface area contributed by atoms with Crippen molar-refractivity contribution in [1.29, 1.82) is 0 Å². The molecule has 0 aliphatic carbocycles. The van der Waals surface area contributed by atoms with Crippen molar-refractivity contribution >= 4 is 121 Å². The number of nitrogens with one attached hydrogen (secondary N) is 1. The quantitative estimate of drug-likeness (QED) is 0.0610. The number of sulfonamides is 2. The molecule has 0 aliphatic rings. The average Bonchev–Trinajstić information content (AvgIpc) is 3.28. The molecule has 0 amide bonds. The molecular weight excluding hydrogens is 1180 g/mol. The summed E-state index contributed by atoms with van der Waals surface area (Å²) >= 11 is 23.4. The van der Waals surface area contributed by atoms with Crippen molar-refractivity contribution in [2.24, 2.45) is 0 Å². The first kappa shape index (κ1) is 61.5. The van der Waals surface area contributed by atoms with Gasteiger partial charge in [0.2, 0.25) is 11.6 Å². The number of methoxy groups -OCH3 is 1. The Balaban J connectivity index is 0.000000317. The van der Waals surface area contributed by atoms with E-state index in [0.717, 1.165) is 56.0 Å². The molecule has 30 heteroatoms. The number of benzene rings is 4. The largest absolute Gasteiger partial charge is 0.417 e. The summed E-state index contributed by atoms with van der Waals surface area (Å²) in [6, 6.07) is 16.5. The van der Waals surface area contributed by atoms with Crippen molar-refractivity contribution in [1.82, 2.24) is 9.97 Å². The number of aromatic nitrogens is 2. The minimum atomic E-state index is -4.96. The number of carbonyl (C=O) groups excluding carboxylic acids is 2. The van der Waals surface area contributed by atoms with Crippen LogP contribution in [-0.4, -0.2) is 81.6 Å². The van der Waals surface area contributed by atoms with Crippen LogP contribution >= 0.6 is 58.8 Å². The molecule has 2 aromatic heterocycles. The molecule has 0 saturated carbocycles. The Morgan fingerprint density at radius 2 is 1.00 bits per heavy atom. The van der Waals surface area contributed by atoms with Crippen LogP contribution in [0.5, 0.6) is 0 Å². The molecule has 15 nitrogen and oxygen atoms in total. The molecule has 6 aromatic rings. The van der Waals surface area contributed by atoms with Crippen molar-refractivity contribution in [3.8, 4) is 0 Å². The minimum absolute atomic E-state index is 0. The third-order valence-corrected chi connectivity index (χ3v) is 16.7. The minimum Gasteiger partial charge on any atom is -0.363 e. The van der Waals surface area contributed by atoms with Gasteiger partial charge >= 0.3 is 12.4 Å². The lowest BCUT2D eigenvalue weighted by atomic mass is 10.1. The molecule has 0 bridgehead atoms. The van der Waals surface area contributed by atoms with Crippen molar-refractivity contribution < 1.29 is 74.3 Å². The highest BCUT2D eigenvalue weighted by molar-refractivity contribution is 7.93. The summed E-state index contributed by atoms with van der Waals surface area (Å²) in [6.45, 7) is 2.09. The van der Waals surface area contributed by atoms with Gasteiger partial charge in [0.05, 0.1) is 73.6 Å². The van der Waals surface area contributed by atoms with E-state index in [1.807, 2.05) is 4.72 Å². The number of ether oxygens (including phenoxy) is 1. The fourth-order valence-corrected chi connectivity index (χ4v) is 11.5. The van der Waals surface area contributed by atoms with Crippen molar-refractivity contribution in [2.75, 3.05) is 35.4 Å². The fraction of sp³-hybridized carbons (Fsp3) is 0.182. The highest BCUT2D eigenvalue weighted by Gasteiger charge is 2.38. The monoisotopic (exact) mass is 1210 g/mol. The van der Waals surface area contributed by atoms with E-state index in [2.05, 4.69) is 9.97 Å². The van der Waals surface area contributed by atoms with Gasteiger partial charge in [-0.2, -0.15) is 26.3 Å². The van der Waals surface area contributed by atoms with E-state index >= 15 is 0 Å². The lowest BCUT2D eigenvalue weighted by molar-refractivity contribution is -0.138. The van der Waals surface area contributed by atoms with Gasteiger partial charge in [-0.1, -0.05) is 70.7 Å². The smallest absolute Gasteiger partial charge is 0.363 e. The second-order valence-electron chi connectivity index (χ2n) is 15.2. The summed E-state index contributed by atoms with van der Waals surface area (Å²) in [5, 5.41) is -1.55. The Labute approximate surface area is 446 Å². The number of sulfone groups is 2. The van der Waals surface area contributed by atoms with Crippen LogP contribution in [0.25, 0.3) is 0 Å². The molecule has 0 radical (unpaired) electrons. The summed E-state index contributed by atoms with van der Waals surface area (Å²) in [5.74, 6) is -1.92. The van der Waals surface area contributed by atoms with Gasteiger partial charge in [-0.3, -0.25) is 14.3 Å². The molecule has 2 heterocycles. The van der Waals surface area contributed by atoms with Crippen molar-refractivity contribution in [3.63, 3.8) is 0 Å². The number of hydrogen-bond acceptors (Lipinski definition) is 13. The lowest BCUT2D eigenvalue weighted by Gasteiger charge is -2.26. The van der Waals surface area contributed by atoms with Crippen LogP contribution in [0, 0.1) is 13.8 Å². The molecule has 74 heavy (non-hydrogen) atoms. The third-order valence-electron chi connectivity index (χ3n) is 9.92. The molecule has 0 unspecified atom stereocenters. The predicted molar refractivity (Wildman–Crippen MR) is 266 cm³/mol. The molecule has 0 spiro atoms. The summed E-state index contributed by atoms with van der Waals surface area (Å²) in [4.78, 5) is 32.8. The normalized spacial score (nSPS) is 12.3. The van der Waals surface area contributed by atoms with E-state index in [1.54, 1.807) is 0 Å². The van der Waals surface area contributed by atoms with Crippen LogP contribution in [-0.2, 0) is 56.8 Å². The van der Waals surface area contributed by atoms with E-state index in [-0.39, 0.29) is 54.8 Å². The van der Waals surface area contributed by atoms with Crippen LogP contribution in [0.2, 0.25) is 20.1 Å². The predicted octanol–water partition coefficient (Wildman–Crippen LogP) is 10.7. The molecule has 0 aliphatic heterocycles. The molecule has 6 rings (SSSR count). The Morgan fingerprint density at radius 3 is 1.45 bits per heavy atom. The zero-order valence-electron chi connectivity index (χ0n) is 38.1. The van der Waals surface area contributed by atoms with Crippen LogP contribution in [0.3, 0.4) is 0 Å². The second kappa shape index (κ2) is 23.0. The summed E-state index contributed by atoms with van der Waals surface area (Å²) in [7, 11) is -16.2. The van der Waals surface area contributed by atoms with Gasteiger partial charge in [0, 0.05) is 30.7 Å². The fourth-order valence-electron chi connectivity index (χ4n) is 6.46. The van der Waals surface area contributed by atoms with Crippen LogP contribution < -0.4 is 9.03 Å². The van der Waals surface area contributed by atoms with E-state index in [4.69, 9.17) is 51.1 Å². The van der Waals surface area contributed by atoms with E-state index in [9.17, 15) is 69.6 Å². The maximum absolute atomic E-state index is 13.6. The van der Waals surface area contributed by atoms with Crippen LogP contribution in [0.4, 0.5) is 37.7 Å². The number of anilines is 2. The number of alkyl halides is 6. The van der Waals surface area contributed by atoms with Gasteiger partial charge in [0.15, 0.2) is 19.7 Å². The zero-order valence-corrected chi connectivity index (χ0v) is 45.2. The van der Waals surface area contributed by atoms with Crippen molar-refractivity contribution in [2.45, 2.75) is 45.8 Å². The lowest BCUT2D eigenvalue weighted by Crippen LogP contribution is -2.35. The number of hydrogen-bond donors (Lipinski definition) is 1. The first-order chi connectivity index (χ1) is 33.5. The number of nitrogens with zero attached hydrogens (tertiary/aromatic N) is 3. The summed E-state index contributed by atoms with van der Waals surface area (Å²) < 4.78 is 189. The molecule has 0 atom stereocenters. The maximum atomic E-state index is 13.6. The van der Waals surface area contributed by atoms with Gasteiger partial charge in [0.1, 0.15) is 18.1 Å². The first-order valence-corrected chi connectivity index (χ1v) is 28.0. The second-order valence-corrected chi connectivity index (χ2v) is 24.4. The van der Waals surface area contributed by atoms with Gasteiger partial charge in [0.25, 0.3) is 20.0 Å². The first-order valence-electron chi connectivity index (χ1n) is 19.8. The summed E-state index contributed by atoms with van der Waals surface area (Å²) in [6.07, 6.45) is -8.10. The van der Waals surface area contributed by atoms with Gasteiger partial charge in [-0.25, -0.2) is 47.9 Å². The highest BCUT2D eigenvalue weighted by Crippen LogP contribution is 2.40. The molecule has 1 N–H and O–H groups in total. The average molecular weight is 1220 g/mol. The highest BCUT2D eigenvalue weighted by atomic mass is 35.5. The Bertz CT molecular complexity index is 3670. The Morgan fingerprint density at radius 1 is 0.595 bits per heavy atom. The molecule has 0 fully saturated rings. The standard InChI is InChI=1S/C23H19Cl2F3N2O6S2.C21H15Cl2F3N2O5S2.ClH/c1-13-18(25)11-19(21(29-13)22(31)15-6-4-5-7-20(15)37(3,32)33)30(12-36-2)38(34,35)14-8-9-17(24)16(10-14)23(26,27)28;1-11-16(23)10-17(19(27-11)20(29)13-5-3-4-6-18(13)34(2,30)31)28-35(32,33)12-7-8-15(22)14(9-12)21(24,25)26;/h4-11H,12H2,1-3H3;3-10,28H,1-2H3;1H. The number of halogens is 11. The third kappa shape index (κ3) is 13.8. The Hall–Kier alpha value is -5.09. The van der Waals surface area contributed by atoms with Gasteiger partial charge in [-0.15, -0.1) is 12.4 Å². The van der Waals surface area contributed by atoms with Crippen molar-refractivity contribution in [3.05, 3.63) is 162 Å². The van der Waals surface area contributed by atoms with Crippen LogP contribution in [0.15, 0.2) is 117 Å². The molecular formula is C44H35Cl5F6N4O11S4. The number of aryl methyl sites for hydroxylation is 2. The molecule has 398 valence electrons. The number of rotatable bonds is 14. The van der Waals surface area contributed by atoms with Gasteiger partial charge < -0.3 is 4.74 Å².